The molecule has 5 nitrogen and oxygen atoms in total. The molecule has 1 heterocycles. The number of hydrogen-bond donors (Lipinski definition) is 1. The first-order chi connectivity index (χ1) is 9.49. The summed E-state index contributed by atoms with van der Waals surface area (Å²) in [5.74, 6) is 0.119. The number of amides is 1. The molecule has 1 aromatic heterocycles. The monoisotopic (exact) mass is 355 g/mol. The number of halogens is 1. The SMILES string of the molecule is CC(C)[C@@H](Sc1nnc(-c2ccccc2Br)o1)C(N)=O. The van der Waals surface area contributed by atoms with Crippen LogP contribution in [-0.4, -0.2) is 21.4 Å². The molecule has 2 N–H and O–H groups in total. The molecule has 0 unspecified atom stereocenters. The number of aromatic nitrogens is 2. The Bertz CT molecular complexity index is 615. The number of benzene rings is 1. The molecular weight excluding hydrogens is 342 g/mol. The molecule has 0 saturated heterocycles. The Balaban J connectivity index is 2.21. The van der Waals surface area contributed by atoms with Gasteiger partial charge < -0.3 is 10.2 Å². The molecule has 0 aliphatic carbocycles. The second-order valence-electron chi connectivity index (χ2n) is 4.54. The molecule has 0 fully saturated rings. The molecule has 0 aliphatic heterocycles. The van der Waals surface area contributed by atoms with Crippen LogP contribution in [0.5, 0.6) is 0 Å². The Kier molecular flexibility index (Phi) is 4.82. The lowest BCUT2D eigenvalue weighted by molar-refractivity contribution is -0.118. The van der Waals surface area contributed by atoms with E-state index in [1.807, 2.05) is 38.1 Å². The maximum Gasteiger partial charge on any atom is 0.277 e. The van der Waals surface area contributed by atoms with E-state index in [0.29, 0.717) is 11.1 Å². The number of thioether (sulfide) groups is 1. The summed E-state index contributed by atoms with van der Waals surface area (Å²) in [7, 11) is 0. The minimum absolute atomic E-state index is 0.0938. The fraction of sp³-hybridized carbons (Fsp3) is 0.308. The zero-order chi connectivity index (χ0) is 14.7. The Hall–Kier alpha value is -1.34. The second-order valence-corrected chi connectivity index (χ2v) is 6.48. The van der Waals surface area contributed by atoms with Crippen molar-refractivity contribution in [2.24, 2.45) is 11.7 Å². The average molecular weight is 356 g/mol. The van der Waals surface area contributed by atoms with Gasteiger partial charge in [0.25, 0.3) is 5.22 Å². The zero-order valence-corrected chi connectivity index (χ0v) is 13.4. The first-order valence-electron chi connectivity index (χ1n) is 6.03. The Labute approximate surface area is 129 Å². The Morgan fingerprint density at radius 3 is 2.65 bits per heavy atom. The third-order valence-corrected chi connectivity index (χ3v) is 4.71. The van der Waals surface area contributed by atoms with Gasteiger partial charge in [0, 0.05) is 4.47 Å². The Morgan fingerprint density at radius 1 is 1.35 bits per heavy atom. The Morgan fingerprint density at radius 2 is 2.05 bits per heavy atom. The summed E-state index contributed by atoms with van der Waals surface area (Å²) in [6, 6.07) is 7.56. The van der Waals surface area contributed by atoms with E-state index in [1.54, 1.807) is 0 Å². The third-order valence-electron chi connectivity index (χ3n) is 2.62. The maximum atomic E-state index is 11.4. The van der Waals surface area contributed by atoms with Crippen LogP contribution in [0.4, 0.5) is 0 Å². The highest BCUT2D eigenvalue weighted by atomic mass is 79.9. The molecule has 0 bridgehead atoms. The van der Waals surface area contributed by atoms with E-state index in [-0.39, 0.29) is 17.1 Å². The van der Waals surface area contributed by atoms with Crippen LogP contribution < -0.4 is 5.73 Å². The van der Waals surface area contributed by atoms with Gasteiger partial charge in [-0.1, -0.05) is 37.7 Å². The van der Waals surface area contributed by atoms with Crippen LogP contribution in [0.3, 0.4) is 0 Å². The second kappa shape index (κ2) is 6.41. The fourth-order valence-electron chi connectivity index (χ4n) is 1.63. The van der Waals surface area contributed by atoms with Crippen LogP contribution in [0.1, 0.15) is 13.8 Å². The molecule has 106 valence electrons. The van der Waals surface area contributed by atoms with Crippen molar-refractivity contribution >= 4 is 33.6 Å². The fourth-order valence-corrected chi connectivity index (χ4v) is 2.91. The van der Waals surface area contributed by atoms with Crippen LogP contribution >= 0.6 is 27.7 Å². The number of primary amides is 1. The van der Waals surface area contributed by atoms with E-state index >= 15 is 0 Å². The number of carbonyl (C=O) groups is 1. The van der Waals surface area contributed by atoms with Crippen molar-refractivity contribution in [3.8, 4) is 11.5 Å². The van der Waals surface area contributed by atoms with Gasteiger partial charge in [-0.3, -0.25) is 4.79 Å². The first kappa shape index (κ1) is 15.1. The highest BCUT2D eigenvalue weighted by Crippen LogP contribution is 2.31. The maximum absolute atomic E-state index is 11.4. The molecule has 2 aromatic rings. The van der Waals surface area contributed by atoms with Crippen LogP contribution in [0.25, 0.3) is 11.5 Å². The van der Waals surface area contributed by atoms with Gasteiger partial charge in [0.1, 0.15) is 0 Å². The van der Waals surface area contributed by atoms with Crippen molar-refractivity contribution in [1.82, 2.24) is 10.2 Å². The topological polar surface area (TPSA) is 82.0 Å². The normalized spacial score (nSPS) is 12.6. The summed E-state index contributed by atoms with van der Waals surface area (Å²) < 4.78 is 6.46. The molecule has 0 spiro atoms. The summed E-state index contributed by atoms with van der Waals surface area (Å²) in [5, 5.41) is 7.91. The van der Waals surface area contributed by atoms with Gasteiger partial charge in [-0.15, -0.1) is 10.2 Å². The number of nitrogens with two attached hydrogens (primary N) is 1. The summed E-state index contributed by atoms with van der Waals surface area (Å²) in [6.07, 6.45) is 0. The van der Waals surface area contributed by atoms with Gasteiger partial charge in [-0.05, 0) is 34.0 Å². The predicted octanol–water partition coefficient (Wildman–Crippen LogP) is 3.10. The minimum atomic E-state index is -0.387. The van der Waals surface area contributed by atoms with Crippen molar-refractivity contribution in [2.75, 3.05) is 0 Å². The lowest BCUT2D eigenvalue weighted by Gasteiger charge is -2.13. The summed E-state index contributed by atoms with van der Waals surface area (Å²) >= 11 is 4.63. The minimum Gasteiger partial charge on any atom is -0.411 e. The van der Waals surface area contributed by atoms with Gasteiger partial charge in [0.15, 0.2) is 0 Å². The van der Waals surface area contributed by atoms with E-state index < -0.39 is 0 Å². The molecule has 0 radical (unpaired) electrons. The van der Waals surface area contributed by atoms with Crippen molar-refractivity contribution in [3.63, 3.8) is 0 Å². The molecule has 1 aromatic carbocycles. The summed E-state index contributed by atoms with van der Waals surface area (Å²) in [6.45, 7) is 3.85. The van der Waals surface area contributed by atoms with Crippen LogP contribution in [0.15, 0.2) is 38.4 Å². The summed E-state index contributed by atoms with van der Waals surface area (Å²) in [5.41, 5.74) is 6.18. The van der Waals surface area contributed by atoms with E-state index in [1.165, 1.54) is 11.8 Å². The lowest BCUT2D eigenvalue weighted by atomic mass is 10.1. The number of rotatable bonds is 5. The molecule has 0 saturated carbocycles. The molecule has 0 aliphatic rings. The van der Waals surface area contributed by atoms with Crippen molar-refractivity contribution in [2.45, 2.75) is 24.3 Å². The number of hydrogen-bond acceptors (Lipinski definition) is 5. The van der Waals surface area contributed by atoms with Gasteiger partial charge >= 0.3 is 0 Å². The molecule has 1 atom stereocenters. The number of nitrogens with zero attached hydrogens (tertiary/aromatic N) is 2. The zero-order valence-electron chi connectivity index (χ0n) is 11.0. The average Bonchev–Trinajstić information content (AvgIpc) is 2.84. The largest absolute Gasteiger partial charge is 0.411 e. The van der Waals surface area contributed by atoms with Crippen LogP contribution in [0.2, 0.25) is 0 Å². The molecular formula is C13H14BrN3O2S. The number of carbonyl (C=O) groups excluding carboxylic acids is 1. The van der Waals surface area contributed by atoms with E-state index in [4.69, 9.17) is 10.2 Å². The van der Waals surface area contributed by atoms with Gasteiger partial charge in [0.2, 0.25) is 11.8 Å². The molecule has 20 heavy (non-hydrogen) atoms. The van der Waals surface area contributed by atoms with Gasteiger partial charge in [0.05, 0.1) is 10.8 Å². The summed E-state index contributed by atoms with van der Waals surface area (Å²) in [4.78, 5) is 11.4. The van der Waals surface area contributed by atoms with Crippen LogP contribution in [-0.2, 0) is 4.79 Å². The van der Waals surface area contributed by atoms with E-state index in [2.05, 4.69) is 26.1 Å². The third kappa shape index (κ3) is 3.40. The quantitative estimate of drug-likeness (QED) is 0.833. The first-order valence-corrected chi connectivity index (χ1v) is 7.70. The molecule has 1 amide bonds. The molecule has 2 rings (SSSR count). The van der Waals surface area contributed by atoms with Crippen molar-refractivity contribution in [1.29, 1.82) is 0 Å². The highest BCUT2D eigenvalue weighted by molar-refractivity contribution is 9.10. The van der Waals surface area contributed by atoms with Crippen molar-refractivity contribution in [3.05, 3.63) is 28.7 Å². The standard InChI is InChI=1S/C13H14BrN3O2S/c1-7(2)10(11(15)18)20-13-17-16-12(19-13)8-5-3-4-6-9(8)14/h3-7,10H,1-2H3,(H2,15,18)/t10-/m1/s1. The van der Waals surface area contributed by atoms with Crippen LogP contribution in [0, 0.1) is 5.92 Å². The lowest BCUT2D eigenvalue weighted by Crippen LogP contribution is -2.30. The highest BCUT2D eigenvalue weighted by Gasteiger charge is 2.24. The smallest absolute Gasteiger partial charge is 0.277 e. The van der Waals surface area contributed by atoms with Crippen molar-refractivity contribution < 1.29 is 9.21 Å². The molecule has 7 heteroatoms. The predicted molar refractivity (Wildman–Crippen MR) is 81.1 cm³/mol. The van der Waals surface area contributed by atoms with E-state index in [9.17, 15) is 4.79 Å². The van der Waals surface area contributed by atoms with E-state index in [0.717, 1.165) is 10.0 Å². The van der Waals surface area contributed by atoms with Gasteiger partial charge in [-0.25, -0.2) is 0 Å². The van der Waals surface area contributed by atoms with Gasteiger partial charge in [-0.2, -0.15) is 0 Å².